The second-order valence-corrected chi connectivity index (χ2v) is 11.4. The van der Waals surface area contributed by atoms with Crippen LogP contribution in [0.2, 0.25) is 10.0 Å². The Bertz CT molecular complexity index is 1240. The minimum Gasteiger partial charge on any atom is -0.355 e. The highest BCUT2D eigenvalue weighted by Crippen LogP contribution is 2.50. The quantitative estimate of drug-likeness (QED) is 0.305. The molecule has 3 aromatic rings. The number of nitrogens with zero attached hydrogens (tertiary/aromatic N) is 1. The van der Waals surface area contributed by atoms with Crippen molar-refractivity contribution in [2.75, 3.05) is 30.9 Å². The lowest BCUT2D eigenvalue weighted by Gasteiger charge is -2.28. The predicted octanol–water partition coefficient (Wildman–Crippen LogP) is 6.26. The van der Waals surface area contributed by atoms with Crippen molar-refractivity contribution in [2.24, 2.45) is 0 Å². The smallest absolute Gasteiger partial charge is 0.350 e. The predicted molar refractivity (Wildman–Crippen MR) is 138 cm³/mol. The summed E-state index contributed by atoms with van der Waals surface area (Å²) in [7, 11) is -3.91. The van der Waals surface area contributed by atoms with Crippen LogP contribution in [0.15, 0.2) is 59.5 Å². The van der Waals surface area contributed by atoms with Crippen molar-refractivity contribution in [3.8, 4) is 0 Å². The van der Waals surface area contributed by atoms with Crippen molar-refractivity contribution in [1.82, 2.24) is 5.32 Å². The van der Waals surface area contributed by atoms with Crippen LogP contribution in [0.5, 0.6) is 0 Å². The van der Waals surface area contributed by atoms with Crippen molar-refractivity contribution < 1.29 is 22.6 Å². The molecule has 1 N–H and O–H groups in total. The van der Waals surface area contributed by atoms with Crippen molar-refractivity contribution in [3.63, 3.8) is 0 Å². The van der Waals surface area contributed by atoms with Gasteiger partial charge in [0.05, 0.1) is 23.8 Å². The Kier molecular flexibility index (Phi) is 9.15. The molecule has 34 heavy (non-hydrogen) atoms. The Hall–Kier alpha value is -1.93. The first-order valence-corrected chi connectivity index (χ1v) is 14.1. The van der Waals surface area contributed by atoms with E-state index in [1.165, 1.54) is 22.5 Å². The zero-order valence-corrected chi connectivity index (χ0v) is 22.1. The number of rotatable bonds is 10. The van der Waals surface area contributed by atoms with E-state index in [1.54, 1.807) is 51.2 Å². The number of benzene rings is 3. The molecule has 0 aromatic heterocycles. The molecule has 1 atom stereocenters. The van der Waals surface area contributed by atoms with Gasteiger partial charge < -0.3 is 14.4 Å². The lowest BCUT2D eigenvalue weighted by molar-refractivity contribution is 0.0964. The normalized spacial score (nSPS) is 12.5. The highest BCUT2D eigenvalue weighted by Gasteiger charge is 2.31. The molecule has 1 unspecified atom stereocenters. The van der Waals surface area contributed by atoms with Gasteiger partial charge in [-0.1, -0.05) is 41.4 Å². The minimum absolute atomic E-state index is 0.161. The number of hydrogen-bond acceptors (Lipinski definition) is 5. The van der Waals surface area contributed by atoms with E-state index >= 15 is 0 Å². The molecule has 0 heterocycles. The van der Waals surface area contributed by atoms with Gasteiger partial charge in [-0.25, -0.2) is 4.21 Å². The molecule has 0 fully saturated rings. The van der Waals surface area contributed by atoms with E-state index in [0.717, 1.165) is 10.8 Å². The average molecular weight is 543 g/mol. The average Bonchev–Trinajstić information content (AvgIpc) is 2.80. The molecule has 0 aliphatic carbocycles. The van der Waals surface area contributed by atoms with Gasteiger partial charge in [0.1, 0.15) is 6.29 Å². The van der Waals surface area contributed by atoms with Crippen LogP contribution in [0.4, 0.5) is 5.69 Å². The summed E-state index contributed by atoms with van der Waals surface area (Å²) in [6.45, 7) is 3.74. The van der Waals surface area contributed by atoms with Crippen LogP contribution >= 0.6 is 30.8 Å². The molecule has 1 amide bonds. The Morgan fingerprint density at radius 2 is 1.68 bits per heavy atom. The fourth-order valence-corrected chi connectivity index (χ4v) is 7.43. The summed E-state index contributed by atoms with van der Waals surface area (Å²) in [5.74, 6) is -0.218. The highest BCUT2D eigenvalue weighted by molar-refractivity contribution is 7.87. The van der Waals surface area contributed by atoms with E-state index in [-0.39, 0.29) is 25.4 Å². The van der Waals surface area contributed by atoms with E-state index in [2.05, 4.69) is 5.32 Å². The maximum atomic E-state index is 13.7. The molecule has 182 valence electrons. The largest absolute Gasteiger partial charge is 0.355 e. The summed E-state index contributed by atoms with van der Waals surface area (Å²) in [6, 6.07) is 15.2. The third-order valence-electron chi connectivity index (χ3n) is 4.81. The molecule has 3 rings (SSSR count). The number of fused-ring (bicyclic) bond motifs is 1. The molecule has 3 aromatic carbocycles. The van der Waals surface area contributed by atoms with Gasteiger partial charge in [-0.15, -0.1) is 0 Å². The number of halogens is 2. The van der Waals surface area contributed by atoms with Crippen LogP contribution in [0.25, 0.3) is 10.8 Å². The third kappa shape index (κ3) is 6.19. The number of carbonyl (C=O) groups excluding carboxylic acids is 1. The van der Waals surface area contributed by atoms with Crippen molar-refractivity contribution in [3.05, 3.63) is 70.2 Å². The molecule has 7 nitrogen and oxygen atoms in total. The Morgan fingerprint density at radius 1 is 1.03 bits per heavy atom. The first-order valence-electron chi connectivity index (χ1n) is 10.5. The van der Waals surface area contributed by atoms with Crippen molar-refractivity contribution in [1.29, 1.82) is 0 Å². The van der Waals surface area contributed by atoms with Gasteiger partial charge in [0.25, 0.3) is 5.91 Å². The molecular formula is C23H25Cl2N2O5PS. The van der Waals surface area contributed by atoms with Gasteiger partial charge in [-0.3, -0.25) is 13.7 Å². The molecular weight excluding hydrogens is 518 g/mol. The highest BCUT2D eigenvalue weighted by atomic mass is 35.5. The van der Waals surface area contributed by atoms with E-state index in [1.807, 2.05) is 6.07 Å². The minimum atomic E-state index is -3.63. The summed E-state index contributed by atoms with van der Waals surface area (Å²) < 4.78 is 39.5. The fourth-order valence-electron chi connectivity index (χ4n) is 3.41. The standard InChI is InChI=1S/C23H25Cl2N2O5PS/c1-4-31-33(29,32-5-2)15-27(34(30)20-13-17(24)12-18(25)14-20)19-9-10-21-16(11-19)7-6-8-22(21)23(28)26-3/h6-14H,4-5,15H2,1-3H3,(H,26,28). The second kappa shape index (κ2) is 11.7. The van der Waals surface area contributed by atoms with E-state index < -0.39 is 18.6 Å². The monoisotopic (exact) mass is 542 g/mol. The van der Waals surface area contributed by atoms with Gasteiger partial charge in [0.2, 0.25) is 0 Å². The fraction of sp³-hybridized carbons (Fsp3) is 0.261. The molecule has 0 aliphatic heterocycles. The SMILES string of the molecule is CCOP(=O)(CN(c1ccc2c(C(=O)NC)cccc2c1)S(=O)c1cc(Cl)cc(Cl)c1)OCC. The molecule has 0 saturated carbocycles. The Labute approximate surface area is 211 Å². The van der Waals surface area contributed by atoms with E-state index in [9.17, 15) is 13.6 Å². The van der Waals surface area contributed by atoms with E-state index in [4.69, 9.17) is 32.2 Å². The van der Waals surface area contributed by atoms with Crippen LogP contribution in [0, 0.1) is 0 Å². The first-order chi connectivity index (χ1) is 16.2. The van der Waals surface area contributed by atoms with Gasteiger partial charge in [0, 0.05) is 22.7 Å². The van der Waals surface area contributed by atoms with Crippen molar-refractivity contribution >= 4 is 64.2 Å². The second-order valence-electron chi connectivity index (χ2n) is 7.11. The molecule has 0 radical (unpaired) electrons. The molecule has 0 spiro atoms. The summed E-state index contributed by atoms with van der Waals surface area (Å²) in [6.07, 6.45) is -0.272. The number of nitrogens with one attached hydrogen (secondary N) is 1. The first kappa shape index (κ1) is 26.7. The zero-order chi connectivity index (χ0) is 24.9. The maximum Gasteiger partial charge on any atom is 0.350 e. The number of anilines is 1. The van der Waals surface area contributed by atoms with Gasteiger partial charge >= 0.3 is 7.60 Å². The molecule has 0 bridgehead atoms. The zero-order valence-electron chi connectivity index (χ0n) is 18.9. The van der Waals surface area contributed by atoms with Gasteiger partial charge in [0.15, 0.2) is 11.0 Å². The lowest BCUT2D eigenvalue weighted by Crippen LogP contribution is -2.28. The summed E-state index contributed by atoms with van der Waals surface area (Å²) >= 11 is 12.3. The maximum absolute atomic E-state index is 13.7. The van der Waals surface area contributed by atoms with Gasteiger partial charge in [-0.2, -0.15) is 0 Å². The van der Waals surface area contributed by atoms with Crippen LogP contribution in [-0.4, -0.2) is 36.7 Å². The van der Waals surface area contributed by atoms with Crippen LogP contribution < -0.4 is 9.62 Å². The molecule has 0 saturated heterocycles. The van der Waals surface area contributed by atoms with Crippen LogP contribution in [0.1, 0.15) is 24.2 Å². The number of amides is 1. The summed E-state index contributed by atoms with van der Waals surface area (Å²) in [5, 5.41) is 4.74. The summed E-state index contributed by atoms with van der Waals surface area (Å²) in [4.78, 5) is 12.6. The number of hydrogen-bond donors (Lipinski definition) is 1. The van der Waals surface area contributed by atoms with Crippen LogP contribution in [-0.2, 0) is 24.6 Å². The van der Waals surface area contributed by atoms with Crippen LogP contribution in [0.3, 0.4) is 0 Å². The number of carbonyl (C=O) groups is 1. The van der Waals surface area contributed by atoms with E-state index in [0.29, 0.717) is 26.2 Å². The van der Waals surface area contributed by atoms with Gasteiger partial charge in [-0.05, 0) is 61.0 Å². The topological polar surface area (TPSA) is 84.9 Å². The Balaban J connectivity index is 2.14. The third-order valence-corrected chi connectivity index (χ3v) is 8.75. The lowest BCUT2D eigenvalue weighted by atomic mass is 10.0. The summed E-state index contributed by atoms with van der Waals surface area (Å²) in [5.41, 5.74) is 1.01. The molecule has 0 aliphatic rings. The van der Waals surface area contributed by atoms with Crippen molar-refractivity contribution in [2.45, 2.75) is 18.7 Å². The Morgan fingerprint density at radius 3 is 2.26 bits per heavy atom. The molecule has 11 heteroatoms.